The summed E-state index contributed by atoms with van der Waals surface area (Å²) in [4.78, 5) is 24.1. The minimum Gasteiger partial charge on any atom is -0.493 e. The molecule has 2 fully saturated rings. The average molecular weight is 614 g/mol. The Kier molecular flexibility index (Phi) is 9.14. The molecule has 0 N–H and O–H groups in total. The molecule has 3 aromatic carbocycles. The number of likely N-dealkylation sites (tertiary alicyclic amines) is 1. The second-order valence-corrected chi connectivity index (χ2v) is 12.6. The number of hydrogen-bond donors (Lipinski definition) is 0. The molecule has 1 aromatic heterocycles. The first-order valence-electron chi connectivity index (χ1n) is 15.0. The van der Waals surface area contributed by atoms with Gasteiger partial charge in [0.1, 0.15) is 12.1 Å². The van der Waals surface area contributed by atoms with Gasteiger partial charge >= 0.3 is 0 Å². The molecular formula is C35H36FN3O4S. The summed E-state index contributed by atoms with van der Waals surface area (Å²) < 4.78 is 33.0. The van der Waals surface area contributed by atoms with Gasteiger partial charge in [0, 0.05) is 43.3 Å². The number of thiocarbonyl (C=S) groups is 1. The maximum Gasteiger partial charge on any atom is 0.230 e. The molecule has 4 aromatic rings. The van der Waals surface area contributed by atoms with Crippen LogP contribution in [0.25, 0.3) is 10.9 Å². The Morgan fingerprint density at radius 3 is 2.45 bits per heavy atom. The number of hydrogen-bond acceptors (Lipinski definition) is 8. The van der Waals surface area contributed by atoms with Crippen LogP contribution in [0.4, 0.5) is 4.39 Å². The summed E-state index contributed by atoms with van der Waals surface area (Å²) in [5, 5.41) is 0.580. The van der Waals surface area contributed by atoms with Crippen molar-refractivity contribution in [3.8, 4) is 23.1 Å². The largest absolute Gasteiger partial charge is 0.493 e. The number of fused-ring (bicyclic) bond motifs is 2. The number of Topliss-reactive ketones (excluding diaryl/α,β-unsaturated/α-hetero) is 1. The summed E-state index contributed by atoms with van der Waals surface area (Å²) in [6, 6.07) is 17.8. The van der Waals surface area contributed by atoms with Gasteiger partial charge in [-0.15, -0.1) is 0 Å². The lowest BCUT2D eigenvalue weighted by atomic mass is 10.0. The van der Waals surface area contributed by atoms with Crippen molar-refractivity contribution in [2.24, 2.45) is 17.8 Å². The van der Waals surface area contributed by atoms with E-state index in [0.29, 0.717) is 58.2 Å². The van der Waals surface area contributed by atoms with Crippen molar-refractivity contribution >= 4 is 33.8 Å². The van der Waals surface area contributed by atoms with E-state index in [1.54, 1.807) is 25.3 Å². The molecule has 2 aliphatic rings. The van der Waals surface area contributed by atoms with Crippen molar-refractivity contribution in [1.82, 2.24) is 14.9 Å². The van der Waals surface area contributed by atoms with Gasteiger partial charge in [-0.2, -0.15) is 0 Å². The fraction of sp³-hybridized carbons (Fsp3) is 0.371. The smallest absolute Gasteiger partial charge is 0.230 e. The predicted octanol–water partition coefficient (Wildman–Crippen LogP) is 6.65. The molecule has 9 heteroatoms. The molecule has 2 heterocycles. The van der Waals surface area contributed by atoms with E-state index in [1.165, 1.54) is 38.3 Å². The number of rotatable bonds is 12. The van der Waals surface area contributed by atoms with E-state index in [2.05, 4.69) is 21.9 Å². The van der Waals surface area contributed by atoms with Gasteiger partial charge in [0.05, 0.1) is 24.6 Å². The van der Waals surface area contributed by atoms with Gasteiger partial charge in [0.25, 0.3) is 0 Å². The maximum absolute atomic E-state index is 15.2. The number of aromatic nitrogens is 2. The van der Waals surface area contributed by atoms with E-state index < -0.39 is 5.82 Å². The van der Waals surface area contributed by atoms with Gasteiger partial charge in [0.15, 0.2) is 23.1 Å². The lowest BCUT2D eigenvalue weighted by molar-refractivity contribution is -0.117. The van der Waals surface area contributed by atoms with Crippen LogP contribution < -0.4 is 14.2 Å². The molecule has 1 saturated heterocycles. The summed E-state index contributed by atoms with van der Waals surface area (Å²) in [6.07, 6.45) is 4.58. The van der Waals surface area contributed by atoms with E-state index >= 15 is 4.39 Å². The standard InChI is InChI=1S/C35H36FN3O4S/c1-39-18-25-10-24(11-26(25)19-39)20-42-34-17-31-29(16-33(34)41-2)35(38-21-37-31)43-32-9-8-23(14-30(32)36)13-28(44)15-27(40)12-22-6-4-3-5-7-22/h3-9,14,16-17,21,24-26H,10-13,15,18-20H2,1-2H3. The minimum absolute atomic E-state index is 0.0246. The van der Waals surface area contributed by atoms with Crippen LogP contribution in [0.3, 0.4) is 0 Å². The molecule has 1 saturated carbocycles. The van der Waals surface area contributed by atoms with E-state index in [0.717, 1.165) is 17.4 Å². The molecule has 1 aliphatic carbocycles. The average Bonchev–Trinajstić information content (AvgIpc) is 3.54. The van der Waals surface area contributed by atoms with E-state index in [9.17, 15) is 4.79 Å². The van der Waals surface area contributed by atoms with Crippen molar-refractivity contribution < 1.29 is 23.4 Å². The minimum atomic E-state index is -0.549. The SMILES string of the molecule is COc1cc2c(Oc3ccc(CC(=S)CC(=O)Cc4ccccc4)cc3F)ncnc2cc1OCC1CC2CN(C)CC2C1. The molecule has 1 aliphatic heterocycles. The monoisotopic (exact) mass is 613 g/mol. The number of carbonyl (C=O) groups is 1. The Morgan fingerprint density at radius 2 is 1.73 bits per heavy atom. The van der Waals surface area contributed by atoms with Gasteiger partial charge in [-0.3, -0.25) is 4.79 Å². The molecule has 0 spiro atoms. The van der Waals surface area contributed by atoms with Crippen LogP contribution >= 0.6 is 12.2 Å². The summed E-state index contributed by atoms with van der Waals surface area (Å²) >= 11 is 5.45. The Labute approximate surface area is 262 Å². The van der Waals surface area contributed by atoms with Crippen LogP contribution in [0.1, 0.15) is 30.4 Å². The molecule has 228 valence electrons. The normalized spacial score (nSPS) is 19.6. The topological polar surface area (TPSA) is 73.8 Å². The molecule has 0 radical (unpaired) electrons. The summed E-state index contributed by atoms with van der Waals surface area (Å²) in [6.45, 7) is 2.98. The predicted molar refractivity (Wildman–Crippen MR) is 171 cm³/mol. The van der Waals surface area contributed by atoms with E-state index in [4.69, 9.17) is 26.4 Å². The Balaban J connectivity index is 1.10. The van der Waals surface area contributed by atoms with Crippen LogP contribution in [0.15, 0.2) is 67.0 Å². The van der Waals surface area contributed by atoms with Crippen LogP contribution in [-0.2, 0) is 17.6 Å². The molecule has 6 rings (SSSR count). The highest BCUT2D eigenvalue weighted by Gasteiger charge is 2.39. The van der Waals surface area contributed by atoms with Gasteiger partial charge in [-0.25, -0.2) is 14.4 Å². The Hall–Kier alpha value is -3.95. The molecule has 0 bridgehead atoms. The molecule has 44 heavy (non-hydrogen) atoms. The third kappa shape index (κ3) is 7.05. The van der Waals surface area contributed by atoms with Crippen LogP contribution in [0, 0.1) is 23.6 Å². The number of ether oxygens (including phenoxy) is 3. The van der Waals surface area contributed by atoms with Crippen molar-refractivity contribution in [2.45, 2.75) is 32.1 Å². The number of halogens is 1. The van der Waals surface area contributed by atoms with Crippen molar-refractivity contribution in [2.75, 3.05) is 33.9 Å². The zero-order valence-electron chi connectivity index (χ0n) is 25.0. The fourth-order valence-corrected chi connectivity index (χ4v) is 6.96. The quantitative estimate of drug-likeness (QED) is 0.165. The second kappa shape index (κ2) is 13.4. The van der Waals surface area contributed by atoms with E-state index in [1.807, 2.05) is 36.4 Å². The Bertz CT molecular complexity index is 1650. The third-order valence-corrected chi connectivity index (χ3v) is 8.92. The molecular weight excluding hydrogens is 577 g/mol. The third-order valence-electron chi connectivity index (χ3n) is 8.63. The Morgan fingerprint density at radius 1 is 0.955 bits per heavy atom. The van der Waals surface area contributed by atoms with Crippen molar-refractivity contribution in [1.29, 1.82) is 0 Å². The lowest BCUT2D eigenvalue weighted by Gasteiger charge is -2.17. The molecule has 7 nitrogen and oxygen atoms in total. The van der Waals surface area contributed by atoms with Crippen LogP contribution in [0.5, 0.6) is 23.1 Å². The number of benzene rings is 3. The van der Waals surface area contributed by atoms with Crippen LogP contribution in [0.2, 0.25) is 0 Å². The molecule has 0 amide bonds. The van der Waals surface area contributed by atoms with E-state index in [-0.39, 0.29) is 23.8 Å². The first-order valence-corrected chi connectivity index (χ1v) is 15.4. The highest BCUT2D eigenvalue weighted by atomic mass is 32.1. The van der Waals surface area contributed by atoms with Crippen LogP contribution in [-0.4, -0.2) is 59.4 Å². The number of methoxy groups -OCH3 is 1. The zero-order chi connectivity index (χ0) is 30.6. The second-order valence-electron chi connectivity index (χ2n) is 12.0. The first-order chi connectivity index (χ1) is 21.3. The lowest BCUT2D eigenvalue weighted by Crippen LogP contribution is -2.18. The maximum atomic E-state index is 15.2. The fourth-order valence-electron chi connectivity index (χ4n) is 6.63. The number of ketones is 1. The van der Waals surface area contributed by atoms with Crippen molar-refractivity contribution in [3.05, 3.63) is 83.9 Å². The number of carbonyl (C=O) groups excluding carboxylic acids is 1. The van der Waals surface area contributed by atoms with Crippen molar-refractivity contribution in [3.63, 3.8) is 0 Å². The molecule has 2 unspecified atom stereocenters. The zero-order valence-corrected chi connectivity index (χ0v) is 25.8. The number of nitrogens with zero attached hydrogens (tertiary/aromatic N) is 3. The first kappa shape index (κ1) is 30.1. The molecule has 2 atom stereocenters. The van der Waals surface area contributed by atoms with Gasteiger partial charge in [-0.05, 0) is 67.0 Å². The summed E-state index contributed by atoms with van der Waals surface area (Å²) in [7, 11) is 3.79. The summed E-state index contributed by atoms with van der Waals surface area (Å²) in [5.74, 6) is 2.94. The summed E-state index contributed by atoms with van der Waals surface area (Å²) in [5.41, 5.74) is 2.23. The van der Waals surface area contributed by atoms with Gasteiger partial charge in [0.2, 0.25) is 5.88 Å². The highest BCUT2D eigenvalue weighted by Crippen LogP contribution is 2.42. The van der Waals surface area contributed by atoms with Gasteiger partial charge < -0.3 is 19.1 Å². The highest BCUT2D eigenvalue weighted by molar-refractivity contribution is 7.80. The van der Waals surface area contributed by atoms with Gasteiger partial charge in [-0.1, -0.05) is 48.6 Å².